The van der Waals surface area contributed by atoms with Crippen LogP contribution < -0.4 is 4.90 Å². The number of hydrogen-bond acceptors (Lipinski definition) is 2. The van der Waals surface area contributed by atoms with Crippen molar-refractivity contribution in [3.05, 3.63) is 89.3 Å². The van der Waals surface area contributed by atoms with Gasteiger partial charge in [0.2, 0.25) is 0 Å². The van der Waals surface area contributed by atoms with E-state index >= 15 is 0 Å². The second-order valence-corrected chi connectivity index (χ2v) is 6.92. The summed E-state index contributed by atoms with van der Waals surface area (Å²) < 4.78 is 0. The summed E-state index contributed by atoms with van der Waals surface area (Å²) in [4.78, 5) is 20.5. The van der Waals surface area contributed by atoms with Gasteiger partial charge in [-0.15, -0.1) is 0 Å². The van der Waals surface area contributed by atoms with Gasteiger partial charge in [0, 0.05) is 15.4 Å². The van der Waals surface area contributed by atoms with Crippen LogP contribution in [0.15, 0.2) is 76.5 Å². The molecule has 25 heavy (non-hydrogen) atoms. The second kappa shape index (κ2) is 6.12. The fraction of sp³-hybridized carbons (Fsp3) is 0.0476. The van der Waals surface area contributed by atoms with E-state index in [9.17, 15) is 4.79 Å². The standard InChI is InChI=1S/C21H14N2OS/c1-14-7-9-15(10-8-14)21(24)23-17-5-3-4-6-19(17)25-20-12-11-16(22-2)13-18(20)23/h3-13H,1H3. The number of carbonyl (C=O) groups excluding carboxylic acids is 1. The highest BCUT2D eigenvalue weighted by Crippen LogP contribution is 2.49. The van der Waals surface area contributed by atoms with Gasteiger partial charge in [-0.1, -0.05) is 53.7 Å². The van der Waals surface area contributed by atoms with Gasteiger partial charge in [0.15, 0.2) is 5.69 Å². The molecule has 0 N–H and O–H groups in total. The first kappa shape index (κ1) is 15.5. The van der Waals surface area contributed by atoms with Gasteiger partial charge in [-0.2, -0.15) is 0 Å². The van der Waals surface area contributed by atoms with Gasteiger partial charge in [0.1, 0.15) is 0 Å². The summed E-state index contributed by atoms with van der Waals surface area (Å²) in [6, 6.07) is 20.9. The minimum atomic E-state index is -0.0869. The number of rotatable bonds is 1. The van der Waals surface area contributed by atoms with Crippen molar-refractivity contribution < 1.29 is 4.79 Å². The highest BCUT2D eigenvalue weighted by Gasteiger charge is 2.28. The molecule has 0 atom stereocenters. The van der Waals surface area contributed by atoms with E-state index in [0.29, 0.717) is 11.3 Å². The van der Waals surface area contributed by atoms with Gasteiger partial charge in [-0.25, -0.2) is 4.85 Å². The first-order valence-corrected chi connectivity index (χ1v) is 8.68. The highest BCUT2D eigenvalue weighted by atomic mass is 32.2. The predicted molar refractivity (Wildman–Crippen MR) is 101 cm³/mol. The van der Waals surface area contributed by atoms with Crippen LogP contribution in [0.1, 0.15) is 15.9 Å². The Morgan fingerprint density at radius 1 is 0.960 bits per heavy atom. The molecule has 0 spiro atoms. The number of carbonyl (C=O) groups is 1. The minimum absolute atomic E-state index is 0.0869. The van der Waals surface area contributed by atoms with E-state index in [4.69, 9.17) is 6.57 Å². The van der Waals surface area contributed by atoms with Crippen molar-refractivity contribution in [2.75, 3.05) is 4.90 Å². The summed E-state index contributed by atoms with van der Waals surface area (Å²) in [5, 5.41) is 0. The van der Waals surface area contributed by atoms with Crippen LogP contribution >= 0.6 is 11.8 Å². The Hall–Kier alpha value is -3.03. The van der Waals surface area contributed by atoms with Crippen LogP contribution in [0.25, 0.3) is 4.85 Å². The molecule has 0 fully saturated rings. The number of hydrogen-bond donors (Lipinski definition) is 0. The molecule has 0 saturated heterocycles. The van der Waals surface area contributed by atoms with Crippen molar-refractivity contribution in [2.24, 2.45) is 0 Å². The molecule has 3 aromatic rings. The van der Waals surface area contributed by atoms with E-state index in [2.05, 4.69) is 4.85 Å². The van der Waals surface area contributed by atoms with Crippen LogP contribution in [0.2, 0.25) is 0 Å². The molecule has 4 heteroatoms. The number of nitrogens with zero attached hydrogens (tertiary/aromatic N) is 2. The summed E-state index contributed by atoms with van der Waals surface area (Å²) >= 11 is 1.62. The van der Waals surface area contributed by atoms with Crippen LogP contribution in [0, 0.1) is 13.5 Å². The van der Waals surface area contributed by atoms with Gasteiger partial charge in [-0.3, -0.25) is 9.69 Å². The number of amides is 1. The molecule has 0 aliphatic carbocycles. The third kappa shape index (κ3) is 2.69. The Kier molecular flexibility index (Phi) is 3.79. The van der Waals surface area contributed by atoms with E-state index in [0.717, 1.165) is 26.7 Å². The Morgan fingerprint density at radius 3 is 2.44 bits per heavy atom. The minimum Gasteiger partial charge on any atom is -0.276 e. The topological polar surface area (TPSA) is 24.7 Å². The fourth-order valence-corrected chi connectivity index (χ4v) is 3.90. The zero-order chi connectivity index (χ0) is 17.4. The lowest BCUT2D eigenvalue weighted by molar-refractivity contribution is 0.0998. The lowest BCUT2D eigenvalue weighted by Gasteiger charge is -2.31. The summed E-state index contributed by atoms with van der Waals surface area (Å²) in [7, 11) is 0. The fourth-order valence-electron chi connectivity index (χ4n) is 2.86. The van der Waals surface area contributed by atoms with Crippen LogP contribution in [-0.2, 0) is 0 Å². The van der Waals surface area contributed by atoms with E-state index in [1.165, 1.54) is 0 Å². The van der Waals surface area contributed by atoms with Crippen molar-refractivity contribution in [3.63, 3.8) is 0 Å². The molecular weight excluding hydrogens is 328 g/mol. The number of aryl methyl sites for hydroxylation is 1. The van der Waals surface area contributed by atoms with Crippen molar-refractivity contribution in [1.82, 2.24) is 0 Å². The third-order valence-electron chi connectivity index (χ3n) is 4.14. The van der Waals surface area contributed by atoms with Gasteiger partial charge < -0.3 is 0 Å². The number of fused-ring (bicyclic) bond motifs is 2. The van der Waals surface area contributed by atoms with Crippen LogP contribution in [0.5, 0.6) is 0 Å². The van der Waals surface area contributed by atoms with E-state index < -0.39 is 0 Å². The molecule has 0 bridgehead atoms. The maximum Gasteiger partial charge on any atom is 0.262 e. The van der Waals surface area contributed by atoms with Crippen molar-refractivity contribution in [1.29, 1.82) is 0 Å². The van der Waals surface area contributed by atoms with E-state index in [1.54, 1.807) is 28.8 Å². The molecule has 1 amide bonds. The molecule has 0 saturated carbocycles. The monoisotopic (exact) mass is 342 g/mol. The average molecular weight is 342 g/mol. The molecule has 1 aliphatic rings. The Morgan fingerprint density at radius 2 is 1.68 bits per heavy atom. The number of anilines is 2. The van der Waals surface area contributed by atoms with Crippen LogP contribution in [0.3, 0.4) is 0 Å². The molecule has 0 aromatic heterocycles. The lowest BCUT2D eigenvalue weighted by atomic mass is 10.1. The summed E-state index contributed by atoms with van der Waals surface area (Å²) in [6.07, 6.45) is 0. The smallest absolute Gasteiger partial charge is 0.262 e. The summed E-state index contributed by atoms with van der Waals surface area (Å²) in [5.74, 6) is -0.0869. The number of para-hydroxylation sites is 1. The molecule has 3 nitrogen and oxygen atoms in total. The van der Waals surface area contributed by atoms with E-state index in [-0.39, 0.29) is 5.91 Å². The molecule has 4 rings (SSSR count). The molecule has 0 radical (unpaired) electrons. The third-order valence-corrected chi connectivity index (χ3v) is 5.27. The van der Waals surface area contributed by atoms with Gasteiger partial charge >= 0.3 is 0 Å². The lowest BCUT2D eigenvalue weighted by Crippen LogP contribution is -2.28. The summed E-state index contributed by atoms with van der Waals surface area (Å²) in [6.45, 7) is 9.28. The first-order valence-electron chi connectivity index (χ1n) is 7.87. The number of benzene rings is 3. The normalized spacial score (nSPS) is 12.1. The van der Waals surface area contributed by atoms with Gasteiger partial charge in [0.25, 0.3) is 5.91 Å². The van der Waals surface area contributed by atoms with Crippen LogP contribution in [-0.4, -0.2) is 5.91 Å². The maximum absolute atomic E-state index is 13.3. The first-order chi connectivity index (χ1) is 12.2. The summed E-state index contributed by atoms with van der Waals surface area (Å²) in [5.41, 5.74) is 3.89. The average Bonchev–Trinajstić information content (AvgIpc) is 2.65. The second-order valence-electron chi connectivity index (χ2n) is 5.84. The van der Waals surface area contributed by atoms with Crippen molar-refractivity contribution >= 4 is 34.7 Å². The SMILES string of the molecule is [C-]#[N+]c1ccc2c(c1)N(C(=O)c1ccc(C)cc1)c1ccccc1S2. The van der Waals surface area contributed by atoms with Crippen LogP contribution in [0.4, 0.5) is 17.1 Å². The molecule has 1 heterocycles. The zero-order valence-corrected chi connectivity index (χ0v) is 14.4. The largest absolute Gasteiger partial charge is 0.276 e. The van der Waals surface area contributed by atoms with Crippen molar-refractivity contribution in [3.8, 4) is 0 Å². The molecule has 3 aromatic carbocycles. The Balaban J connectivity index is 1.90. The zero-order valence-electron chi connectivity index (χ0n) is 13.6. The quantitative estimate of drug-likeness (QED) is 0.507. The molecular formula is C21H14N2OS. The predicted octanol–water partition coefficient (Wildman–Crippen LogP) is 5.99. The van der Waals surface area contributed by atoms with Gasteiger partial charge in [-0.05, 0) is 37.3 Å². The van der Waals surface area contributed by atoms with Gasteiger partial charge in [0.05, 0.1) is 17.9 Å². The van der Waals surface area contributed by atoms with E-state index in [1.807, 2.05) is 61.5 Å². The molecule has 1 aliphatic heterocycles. The molecule has 0 unspecified atom stereocenters. The highest BCUT2D eigenvalue weighted by molar-refractivity contribution is 7.99. The Labute approximate surface area is 150 Å². The maximum atomic E-state index is 13.3. The molecule has 120 valence electrons. The Bertz CT molecular complexity index is 1020. The van der Waals surface area contributed by atoms with Crippen molar-refractivity contribution in [2.45, 2.75) is 16.7 Å².